The second-order valence-electron chi connectivity index (χ2n) is 3.10. The van der Waals surface area contributed by atoms with Gasteiger partial charge in [0, 0.05) is 6.42 Å². The van der Waals surface area contributed by atoms with Crippen LogP contribution in [0, 0.1) is 0 Å². The lowest BCUT2D eigenvalue weighted by atomic mass is 10.2. The summed E-state index contributed by atoms with van der Waals surface area (Å²) < 4.78 is 9.65. The molecule has 0 amide bonds. The second-order valence-corrected chi connectivity index (χ2v) is 3.10. The quantitative estimate of drug-likeness (QED) is 0.615. The maximum atomic E-state index is 11.1. The maximum absolute atomic E-state index is 11.1. The third-order valence-corrected chi connectivity index (χ3v) is 1.86. The maximum Gasteiger partial charge on any atom is 0.309 e. The predicted octanol–water partition coefficient (Wildman–Crippen LogP) is 1.04. The van der Waals surface area contributed by atoms with Gasteiger partial charge < -0.3 is 9.47 Å². The summed E-state index contributed by atoms with van der Waals surface area (Å²) in [5, 5.41) is 0. The highest BCUT2D eigenvalue weighted by Gasteiger charge is 2.26. The van der Waals surface area contributed by atoms with Gasteiger partial charge in [0.1, 0.15) is 12.7 Å². The van der Waals surface area contributed by atoms with Crippen LogP contribution >= 0.6 is 0 Å². The molecule has 1 fully saturated rings. The molecular formula is C9H14O4. The van der Waals surface area contributed by atoms with Crippen molar-refractivity contribution in [2.45, 2.75) is 38.7 Å². The largest absolute Gasteiger partial charge is 0.462 e. The van der Waals surface area contributed by atoms with Crippen LogP contribution in [-0.4, -0.2) is 24.6 Å². The third-order valence-electron chi connectivity index (χ3n) is 1.86. The van der Waals surface area contributed by atoms with Crippen LogP contribution in [0.2, 0.25) is 0 Å². The first-order chi connectivity index (χ1) is 6.22. The second kappa shape index (κ2) is 4.84. The molecule has 0 aliphatic carbocycles. The summed E-state index contributed by atoms with van der Waals surface area (Å²) in [5.74, 6) is -0.515. The molecule has 74 valence electrons. The Kier molecular flexibility index (Phi) is 3.73. The molecule has 0 aromatic heterocycles. The van der Waals surface area contributed by atoms with Gasteiger partial charge in [-0.3, -0.25) is 9.59 Å². The molecule has 1 saturated heterocycles. The van der Waals surface area contributed by atoms with Gasteiger partial charge in [0.05, 0.1) is 6.42 Å². The molecule has 4 heteroatoms. The van der Waals surface area contributed by atoms with Crippen molar-refractivity contribution in [3.05, 3.63) is 0 Å². The van der Waals surface area contributed by atoms with Gasteiger partial charge in [0.25, 0.3) is 0 Å². The summed E-state index contributed by atoms with van der Waals surface area (Å²) >= 11 is 0. The topological polar surface area (TPSA) is 52.6 Å². The Morgan fingerprint density at radius 3 is 3.00 bits per heavy atom. The van der Waals surface area contributed by atoms with E-state index in [1.807, 2.05) is 6.92 Å². The van der Waals surface area contributed by atoms with Gasteiger partial charge in [-0.15, -0.1) is 0 Å². The highest BCUT2D eigenvalue weighted by Crippen LogP contribution is 2.11. The van der Waals surface area contributed by atoms with Crippen LogP contribution in [0.5, 0.6) is 0 Å². The Hall–Kier alpha value is -1.06. The molecule has 1 heterocycles. The summed E-state index contributed by atoms with van der Waals surface area (Å²) in [4.78, 5) is 21.7. The number of carbonyl (C=O) groups is 2. The molecule has 1 rings (SSSR count). The van der Waals surface area contributed by atoms with E-state index in [0.717, 1.165) is 12.8 Å². The fourth-order valence-electron chi connectivity index (χ4n) is 1.13. The first-order valence-corrected chi connectivity index (χ1v) is 4.57. The average Bonchev–Trinajstić information content (AvgIpc) is 2.48. The molecule has 4 nitrogen and oxygen atoms in total. The molecule has 0 spiro atoms. The molecule has 1 aliphatic rings. The number of carbonyl (C=O) groups excluding carboxylic acids is 2. The van der Waals surface area contributed by atoms with Crippen molar-refractivity contribution in [3.63, 3.8) is 0 Å². The van der Waals surface area contributed by atoms with E-state index in [0.29, 0.717) is 6.42 Å². The molecule has 0 aromatic carbocycles. The summed E-state index contributed by atoms with van der Waals surface area (Å²) in [6.07, 6.45) is 2.09. The molecule has 1 atom stereocenters. The third kappa shape index (κ3) is 3.44. The number of unbranched alkanes of at least 4 members (excludes halogenated alkanes) is 1. The Morgan fingerprint density at radius 1 is 1.69 bits per heavy atom. The van der Waals surface area contributed by atoms with Crippen molar-refractivity contribution in [2.24, 2.45) is 0 Å². The van der Waals surface area contributed by atoms with Crippen LogP contribution in [0.4, 0.5) is 0 Å². The summed E-state index contributed by atoms with van der Waals surface area (Å²) in [7, 11) is 0. The Bertz CT molecular complexity index is 200. The molecule has 0 radical (unpaired) electrons. The molecule has 0 saturated carbocycles. The Balaban J connectivity index is 2.17. The minimum absolute atomic E-state index is 0.206. The van der Waals surface area contributed by atoms with E-state index in [9.17, 15) is 9.59 Å². The van der Waals surface area contributed by atoms with E-state index in [1.165, 1.54) is 0 Å². The zero-order valence-corrected chi connectivity index (χ0v) is 7.75. The smallest absolute Gasteiger partial charge is 0.309 e. The lowest BCUT2D eigenvalue weighted by Crippen LogP contribution is -2.17. The van der Waals surface area contributed by atoms with Gasteiger partial charge in [0.15, 0.2) is 0 Å². The molecule has 0 unspecified atom stereocenters. The zero-order valence-electron chi connectivity index (χ0n) is 7.75. The van der Waals surface area contributed by atoms with Gasteiger partial charge in [0.2, 0.25) is 0 Å². The van der Waals surface area contributed by atoms with Crippen molar-refractivity contribution >= 4 is 11.9 Å². The number of hydrogen-bond acceptors (Lipinski definition) is 4. The molecule has 13 heavy (non-hydrogen) atoms. The number of esters is 2. The van der Waals surface area contributed by atoms with Crippen LogP contribution in [0.3, 0.4) is 0 Å². The molecule has 0 aromatic rings. The first kappa shape index (κ1) is 10.0. The molecule has 1 aliphatic heterocycles. The SMILES string of the molecule is CCCCC(=O)O[C@@H]1COC(=O)C1. The van der Waals surface area contributed by atoms with E-state index in [4.69, 9.17) is 4.74 Å². The molecule has 0 N–H and O–H groups in total. The van der Waals surface area contributed by atoms with Crippen LogP contribution in [0.15, 0.2) is 0 Å². The summed E-state index contributed by atoms with van der Waals surface area (Å²) in [6.45, 7) is 2.23. The molecular weight excluding hydrogens is 172 g/mol. The van der Waals surface area contributed by atoms with E-state index in [2.05, 4.69) is 4.74 Å². The van der Waals surface area contributed by atoms with E-state index < -0.39 is 0 Å². The predicted molar refractivity (Wildman–Crippen MR) is 45.0 cm³/mol. The van der Waals surface area contributed by atoms with Crippen LogP contribution in [-0.2, 0) is 19.1 Å². The van der Waals surface area contributed by atoms with Gasteiger partial charge in [-0.2, -0.15) is 0 Å². The lowest BCUT2D eigenvalue weighted by molar-refractivity contribution is -0.149. The Labute approximate surface area is 77.2 Å². The van der Waals surface area contributed by atoms with Crippen LogP contribution in [0.25, 0.3) is 0 Å². The van der Waals surface area contributed by atoms with Gasteiger partial charge >= 0.3 is 11.9 Å². The first-order valence-electron chi connectivity index (χ1n) is 4.57. The van der Waals surface area contributed by atoms with Crippen molar-refractivity contribution in [3.8, 4) is 0 Å². The number of rotatable bonds is 4. The minimum Gasteiger partial charge on any atom is -0.462 e. The minimum atomic E-state index is -0.350. The monoisotopic (exact) mass is 186 g/mol. The van der Waals surface area contributed by atoms with Crippen molar-refractivity contribution < 1.29 is 19.1 Å². The zero-order chi connectivity index (χ0) is 9.68. The van der Waals surface area contributed by atoms with Gasteiger partial charge in [-0.1, -0.05) is 13.3 Å². The Morgan fingerprint density at radius 2 is 2.46 bits per heavy atom. The highest BCUT2D eigenvalue weighted by molar-refractivity contribution is 5.74. The fourth-order valence-corrected chi connectivity index (χ4v) is 1.13. The number of ether oxygens (including phenoxy) is 2. The van der Waals surface area contributed by atoms with E-state index in [-0.39, 0.29) is 31.1 Å². The van der Waals surface area contributed by atoms with Crippen molar-refractivity contribution in [2.75, 3.05) is 6.61 Å². The van der Waals surface area contributed by atoms with Crippen LogP contribution < -0.4 is 0 Å². The number of cyclic esters (lactones) is 1. The standard InChI is InChI=1S/C9H14O4/c1-2-3-4-8(10)13-7-5-9(11)12-6-7/h7H,2-6H2,1H3/t7-/m0/s1. The van der Waals surface area contributed by atoms with Gasteiger partial charge in [-0.05, 0) is 6.42 Å². The van der Waals surface area contributed by atoms with Crippen molar-refractivity contribution in [1.29, 1.82) is 0 Å². The van der Waals surface area contributed by atoms with Crippen molar-refractivity contribution in [1.82, 2.24) is 0 Å². The molecule has 0 bridgehead atoms. The lowest BCUT2D eigenvalue weighted by Gasteiger charge is -2.07. The van der Waals surface area contributed by atoms with Gasteiger partial charge in [-0.25, -0.2) is 0 Å². The normalized spacial score (nSPS) is 21.3. The average molecular weight is 186 g/mol. The van der Waals surface area contributed by atoms with E-state index in [1.54, 1.807) is 0 Å². The van der Waals surface area contributed by atoms with E-state index >= 15 is 0 Å². The highest BCUT2D eigenvalue weighted by atomic mass is 16.6. The summed E-state index contributed by atoms with van der Waals surface area (Å²) in [6, 6.07) is 0. The fraction of sp³-hybridized carbons (Fsp3) is 0.778. The van der Waals surface area contributed by atoms with Crippen LogP contribution in [0.1, 0.15) is 32.6 Å². The summed E-state index contributed by atoms with van der Waals surface area (Å²) in [5.41, 5.74) is 0. The number of hydrogen-bond donors (Lipinski definition) is 0.